The van der Waals surface area contributed by atoms with Gasteiger partial charge in [-0.25, -0.2) is 15.0 Å². The van der Waals surface area contributed by atoms with Crippen molar-refractivity contribution in [2.45, 2.75) is 19.3 Å². The largest absolute Gasteiger partial charge is 0.278 e. The quantitative estimate of drug-likeness (QED) is 0.170. The van der Waals surface area contributed by atoms with Crippen LogP contribution in [-0.4, -0.2) is 29.5 Å². The predicted octanol–water partition coefficient (Wildman–Crippen LogP) is 12.4. The second-order valence-electron chi connectivity index (χ2n) is 15.4. The number of hydrogen-bond acceptors (Lipinski definition) is 5. The predicted molar refractivity (Wildman–Crippen MR) is 234 cm³/mol. The zero-order chi connectivity index (χ0) is 38.8. The van der Waals surface area contributed by atoms with E-state index in [1.54, 1.807) is 0 Å². The lowest BCUT2D eigenvalue weighted by Gasteiger charge is -2.21. The van der Waals surface area contributed by atoms with Crippen molar-refractivity contribution in [2.75, 3.05) is 0 Å². The molecule has 1 aliphatic rings. The fourth-order valence-electron chi connectivity index (χ4n) is 8.56. The molecule has 0 radical (unpaired) electrons. The lowest BCUT2D eigenvalue weighted by Crippen LogP contribution is -2.15. The third-order valence-corrected chi connectivity index (χ3v) is 11.5. The van der Waals surface area contributed by atoms with E-state index in [4.69, 9.17) is 24.9 Å². The number of fused-ring (bicyclic) bond motifs is 6. The van der Waals surface area contributed by atoms with Gasteiger partial charge in [-0.3, -0.25) is 4.57 Å². The minimum Gasteiger partial charge on any atom is -0.278 e. The van der Waals surface area contributed by atoms with Crippen LogP contribution < -0.4 is 0 Å². The number of hydrogen-bond donors (Lipinski definition) is 0. The van der Waals surface area contributed by atoms with Crippen LogP contribution in [-0.2, 0) is 5.41 Å². The van der Waals surface area contributed by atoms with Gasteiger partial charge in [0.2, 0.25) is 5.95 Å². The summed E-state index contributed by atoms with van der Waals surface area (Å²) in [5.41, 5.74) is 13.5. The first kappa shape index (κ1) is 33.7. The van der Waals surface area contributed by atoms with Crippen molar-refractivity contribution in [3.8, 4) is 73.8 Å². The Bertz CT molecular complexity index is 3060. The summed E-state index contributed by atoms with van der Waals surface area (Å²) in [7, 11) is 0. The summed E-state index contributed by atoms with van der Waals surface area (Å²) in [4.78, 5) is 25.9. The highest BCUT2D eigenvalue weighted by molar-refractivity contribution is 6.12. The molecule has 7 aromatic carbocycles. The van der Waals surface area contributed by atoms with Crippen LogP contribution in [0.4, 0.5) is 0 Å². The average molecular weight is 745 g/mol. The van der Waals surface area contributed by atoms with Gasteiger partial charge in [0.25, 0.3) is 0 Å². The number of nitrogens with zero attached hydrogens (tertiary/aromatic N) is 6. The second kappa shape index (κ2) is 13.3. The Morgan fingerprint density at radius 2 is 0.862 bits per heavy atom. The summed E-state index contributed by atoms with van der Waals surface area (Å²) >= 11 is 0. The first-order chi connectivity index (χ1) is 28.5. The van der Waals surface area contributed by atoms with Gasteiger partial charge in [0.1, 0.15) is 0 Å². The van der Waals surface area contributed by atoms with Crippen LogP contribution in [0.15, 0.2) is 182 Å². The first-order valence-corrected chi connectivity index (χ1v) is 19.6. The van der Waals surface area contributed by atoms with Gasteiger partial charge in [0.05, 0.1) is 22.4 Å². The Balaban J connectivity index is 1.20. The molecule has 0 unspecified atom stereocenters. The normalized spacial score (nSPS) is 12.8. The van der Waals surface area contributed by atoms with Crippen molar-refractivity contribution in [3.63, 3.8) is 0 Å². The van der Waals surface area contributed by atoms with E-state index in [0.29, 0.717) is 23.4 Å². The number of benzene rings is 7. The van der Waals surface area contributed by atoms with Gasteiger partial charge in [-0.05, 0) is 58.7 Å². The summed E-state index contributed by atoms with van der Waals surface area (Å²) < 4.78 is 2.21. The molecule has 6 nitrogen and oxygen atoms in total. The van der Waals surface area contributed by atoms with Crippen LogP contribution in [0.3, 0.4) is 0 Å². The Labute approximate surface area is 336 Å². The van der Waals surface area contributed by atoms with Crippen LogP contribution in [0.1, 0.15) is 25.0 Å². The van der Waals surface area contributed by atoms with Crippen molar-refractivity contribution in [2.24, 2.45) is 0 Å². The van der Waals surface area contributed by atoms with E-state index in [0.717, 1.165) is 61.0 Å². The number of rotatable bonds is 6. The summed E-state index contributed by atoms with van der Waals surface area (Å²) in [5, 5.41) is 2.17. The van der Waals surface area contributed by atoms with Crippen LogP contribution in [0, 0.1) is 0 Å². The fraction of sp³-hybridized carbons (Fsp3) is 0.0577. The summed E-state index contributed by atoms with van der Waals surface area (Å²) in [6.45, 7) is 4.64. The molecule has 3 heterocycles. The van der Waals surface area contributed by atoms with Crippen molar-refractivity contribution >= 4 is 21.8 Å². The first-order valence-electron chi connectivity index (χ1n) is 19.6. The highest BCUT2D eigenvalue weighted by atomic mass is 15.2. The van der Waals surface area contributed by atoms with Gasteiger partial charge >= 0.3 is 0 Å². The van der Waals surface area contributed by atoms with Gasteiger partial charge in [-0.1, -0.05) is 159 Å². The van der Waals surface area contributed by atoms with Gasteiger partial charge in [0, 0.05) is 44.0 Å². The number of aromatic nitrogens is 6. The van der Waals surface area contributed by atoms with E-state index in [1.165, 1.54) is 22.3 Å². The summed E-state index contributed by atoms with van der Waals surface area (Å²) in [6, 6.07) is 63.0. The van der Waals surface area contributed by atoms with Crippen molar-refractivity contribution in [1.82, 2.24) is 29.5 Å². The van der Waals surface area contributed by atoms with Gasteiger partial charge in [0.15, 0.2) is 17.5 Å². The molecular formula is C52H36N6. The topological polar surface area (TPSA) is 69.4 Å². The fourth-order valence-corrected chi connectivity index (χ4v) is 8.56. The molecule has 0 saturated heterocycles. The zero-order valence-corrected chi connectivity index (χ0v) is 32.0. The molecule has 274 valence electrons. The molecule has 6 heteroatoms. The molecule has 0 aliphatic heterocycles. The van der Waals surface area contributed by atoms with E-state index in [9.17, 15) is 0 Å². The van der Waals surface area contributed by atoms with Crippen molar-refractivity contribution < 1.29 is 0 Å². The molecule has 0 spiro atoms. The third kappa shape index (κ3) is 5.52. The molecule has 0 fully saturated rings. The van der Waals surface area contributed by atoms with Crippen LogP contribution in [0.2, 0.25) is 0 Å². The Hall–Kier alpha value is -7.57. The van der Waals surface area contributed by atoms with Gasteiger partial charge in [-0.2, -0.15) is 9.97 Å². The van der Waals surface area contributed by atoms with Crippen LogP contribution in [0.5, 0.6) is 0 Å². The van der Waals surface area contributed by atoms with Crippen molar-refractivity contribution in [3.05, 3.63) is 193 Å². The maximum absolute atomic E-state index is 5.23. The molecule has 0 bridgehead atoms. The maximum Gasteiger partial charge on any atom is 0.238 e. The second-order valence-corrected chi connectivity index (χ2v) is 15.4. The standard InChI is InChI=1S/C52H36N6/c1-52(2)42-26-16-15-25-38(42)39-30-41-40-29-37(50-53-44(33-17-7-3-8-18-33)32-45(54-50)34-19-9-4-10-20-34)27-28-46(40)58(47(41)31-43(39)52)51-56-48(35-21-11-5-12-22-35)55-49(57-51)36-23-13-6-14-24-36/h3-32H,1-2H3. The molecule has 58 heavy (non-hydrogen) atoms. The molecule has 0 amide bonds. The van der Waals surface area contributed by atoms with E-state index in [2.05, 4.69) is 103 Å². The molecule has 10 aromatic rings. The lowest BCUT2D eigenvalue weighted by atomic mass is 9.82. The molecule has 3 aromatic heterocycles. The monoisotopic (exact) mass is 744 g/mol. The van der Waals surface area contributed by atoms with Crippen molar-refractivity contribution in [1.29, 1.82) is 0 Å². The molecule has 0 N–H and O–H groups in total. The molecule has 0 saturated carbocycles. The Kier molecular flexibility index (Phi) is 7.73. The molecule has 11 rings (SSSR count). The molecule has 0 atom stereocenters. The van der Waals surface area contributed by atoms with Crippen LogP contribution in [0.25, 0.3) is 95.6 Å². The highest BCUT2D eigenvalue weighted by Gasteiger charge is 2.36. The van der Waals surface area contributed by atoms with Gasteiger partial charge < -0.3 is 0 Å². The Morgan fingerprint density at radius 3 is 1.45 bits per heavy atom. The SMILES string of the molecule is CC1(C)c2ccccc2-c2cc3c4cc(-c5nc(-c6ccccc6)cc(-c6ccccc6)n5)ccc4n(-c4nc(-c5ccccc5)nc(-c5ccccc5)n4)c3cc21. The van der Waals surface area contributed by atoms with E-state index >= 15 is 0 Å². The highest BCUT2D eigenvalue weighted by Crippen LogP contribution is 2.51. The van der Waals surface area contributed by atoms with E-state index in [-0.39, 0.29) is 5.41 Å². The maximum atomic E-state index is 5.23. The minimum absolute atomic E-state index is 0.199. The summed E-state index contributed by atoms with van der Waals surface area (Å²) in [5.74, 6) is 2.45. The van der Waals surface area contributed by atoms with Gasteiger partial charge in [-0.15, -0.1) is 0 Å². The Morgan fingerprint density at radius 1 is 0.362 bits per heavy atom. The molecule has 1 aliphatic carbocycles. The average Bonchev–Trinajstić information content (AvgIpc) is 3.73. The smallest absolute Gasteiger partial charge is 0.238 e. The van der Waals surface area contributed by atoms with E-state index < -0.39 is 0 Å². The lowest BCUT2D eigenvalue weighted by molar-refractivity contribution is 0.661. The van der Waals surface area contributed by atoms with E-state index in [1.807, 2.05) is 97.1 Å². The minimum atomic E-state index is -0.199. The third-order valence-electron chi connectivity index (χ3n) is 11.5. The zero-order valence-electron chi connectivity index (χ0n) is 32.0. The molecular weight excluding hydrogens is 709 g/mol. The van der Waals surface area contributed by atoms with Crippen LogP contribution >= 0.6 is 0 Å². The summed E-state index contributed by atoms with van der Waals surface area (Å²) in [6.07, 6.45) is 0.